The summed E-state index contributed by atoms with van der Waals surface area (Å²) < 4.78 is 22.9. The fraction of sp³-hybridized carbons (Fsp3) is 0.714. The van der Waals surface area contributed by atoms with Gasteiger partial charge in [-0.25, -0.2) is 13.4 Å². The van der Waals surface area contributed by atoms with Crippen molar-refractivity contribution >= 4 is 27.1 Å². The molecule has 1 fully saturated rings. The van der Waals surface area contributed by atoms with Crippen LogP contribution in [0.5, 0.6) is 0 Å². The van der Waals surface area contributed by atoms with Gasteiger partial charge >= 0.3 is 0 Å². The molecule has 6 nitrogen and oxygen atoms in total. The Morgan fingerprint density at radius 1 is 1.55 bits per heavy atom. The average Bonchev–Trinajstić information content (AvgIpc) is 3.02. The largest absolute Gasteiger partial charge is 0.356 e. The van der Waals surface area contributed by atoms with E-state index in [4.69, 9.17) is 0 Å². The molecule has 1 amide bonds. The van der Waals surface area contributed by atoms with Gasteiger partial charge in [0.15, 0.2) is 9.84 Å². The molecule has 2 heterocycles. The zero-order valence-corrected chi connectivity index (χ0v) is 14.7. The Kier molecular flexibility index (Phi) is 5.94. The number of carbonyl (C=O) groups excluding carboxylic acids is 1. The second kappa shape index (κ2) is 7.52. The lowest BCUT2D eigenvalue weighted by Crippen LogP contribution is -2.36. The summed E-state index contributed by atoms with van der Waals surface area (Å²) in [7, 11) is -0.981. The summed E-state index contributed by atoms with van der Waals surface area (Å²) in [4.78, 5) is 19.2. The van der Waals surface area contributed by atoms with Gasteiger partial charge < -0.3 is 10.2 Å². The van der Waals surface area contributed by atoms with Gasteiger partial charge in [0.2, 0.25) is 5.91 Å². The quantitative estimate of drug-likeness (QED) is 0.784. The molecule has 1 saturated heterocycles. The minimum atomic E-state index is -2.87. The van der Waals surface area contributed by atoms with Crippen molar-refractivity contribution in [2.75, 3.05) is 31.6 Å². The highest BCUT2D eigenvalue weighted by molar-refractivity contribution is 7.91. The molecule has 1 aromatic heterocycles. The fourth-order valence-corrected chi connectivity index (χ4v) is 5.14. The molecular formula is C14H23N3O3S2. The van der Waals surface area contributed by atoms with Gasteiger partial charge in [0, 0.05) is 36.9 Å². The Hall–Kier alpha value is -0.990. The second-order valence-electron chi connectivity index (χ2n) is 5.75. The van der Waals surface area contributed by atoms with Crippen molar-refractivity contribution in [1.82, 2.24) is 15.2 Å². The van der Waals surface area contributed by atoms with E-state index in [1.54, 1.807) is 11.3 Å². The Morgan fingerprint density at radius 2 is 2.32 bits per heavy atom. The van der Waals surface area contributed by atoms with Gasteiger partial charge in [-0.15, -0.1) is 11.3 Å². The Labute approximate surface area is 135 Å². The molecule has 22 heavy (non-hydrogen) atoms. The van der Waals surface area contributed by atoms with Crippen LogP contribution in [0, 0.1) is 6.92 Å². The number of nitrogens with zero attached hydrogens (tertiary/aromatic N) is 2. The van der Waals surface area contributed by atoms with Gasteiger partial charge in [0.25, 0.3) is 0 Å². The molecule has 1 N–H and O–H groups in total. The van der Waals surface area contributed by atoms with Crippen LogP contribution in [0.15, 0.2) is 5.51 Å². The van der Waals surface area contributed by atoms with E-state index in [0.29, 0.717) is 25.9 Å². The summed E-state index contributed by atoms with van der Waals surface area (Å²) in [5, 5.41) is 2.91. The Bertz CT molecular complexity index is 613. The van der Waals surface area contributed by atoms with Crippen LogP contribution in [0.4, 0.5) is 0 Å². The van der Waals surface area contributed by atoms with Crippen molar-refractivity contribution in [3.8, 4) is 0 Å². The number of nitrogens with one attached hydrogen (secondary N) is 1. The molecule has 124 valence electrons. The van der Waals surface area contributed by atoms with Gasteiger partial charge in [-0.05, 0) is 20.4 Å². The normalized spacial score (nSPS) is 20.4. The molecule has 0 aromatic carbocycles. The molecule has 1 unspecified atom stereocenters. The number of amides is 1. The van der Waals surface area contributed by atoms with Crippen molar-refractivity contribution < 1.29 is 13.2 Å². The molecule has 1 aliphatic rings. The van der Waals surface area contributed by atoms with Crippen LogP contribution in [-0.2, 0) is 21.1 Å². The van der Waals surface area contributed by atoms with Crippen LogP contribution in [0.1, 0.15) is 23.4 Å². The van der Waals surface area contributed by atoms with Crippen LogP contribution in [0.2, 0.25) is 0 Å². The van der Waals surface area contributed by atoms with E-state index in [1.165, 1.54) is 4.88 Å². The topological polar surface area (TPSA) is 79.4 Å². The molecule has 0 radical (unpaired) electrons. The predicted molar refractivity (Wildman–Crippen MR) is 87.9 cm³/mol. The third-order valence-electron chi connectivity index (χ3n) is 4.04. The first-order valence-electron chi connectivity index (χ1n) is 7.44. The van der Waals surface area contributed by atoms with Crippen molar-refractivity contribution in [2.45, 2.75) is 32.2 Å². The number of rotatable bonds is 7. The van der Waals surface area contributed by atoms with Crippen LogP contribution in [0.25, 0.3) is 0 Å². The maximum absolute atomic E-state index is 11.8. The minimum absolute atomic E-state index is 0.00914. The van der Waals surface area contributed by atoms with Crippen molar-refractivity contribution in [3.63, 3.8) is 0 Å². The zero-order valence-electron chi connectivity index (χ0n) is 13.0. The van der Waals surface area contributed by atoms with E-state index in [1.807, 2.05) is 24.4 Å². The lowest BCUT2D eigenvalue weighted by molar-refractivity contribution is -0.121. The minimum Gasteiger partial charge on any atom is -0.356 e. The summed E-state index contributed by atoms with van der Waals surface area (Å²) in [5.74, 6) is 0.493. The number of hydrogen-bond donors (Lipinski definition) is 1. The molecule has 0 aliphatic carbocycles. The van der Waals surface area contributed by atoms with Crippen LogP contribution < -0.4 is 5.32 Å². The van der Waals surface area contributed by atoms with Gasteiger partial charge in [0.1, 0.15) is 0 Å². The molecule has 0 bridgehead atoms. The monoisotopic (exact) mass is 345 g/mol. The molecule has 8 heteroatoms. The molecule has 1 atom stereocenters. The third-order valence-corrected chi connectivity index (χ3v) is 6.79. The zero-order chi connectivity index (χ0) is 16.2. The van der Waals surface area contributed by atoms with E-state index in [-0.39, 0.29) is 23.5 Å². The first kappa shape index (κ1) is 17.4. The predicted octanol–water partition coefficient (Wildman–Crippen LogP) is 0.619. The number of aryl methyl sites for hydroxylation is 1. The van der Waals surface area contributed by atoms with E-state index in [0.717, 1.165) is 12.1 Å². The fourth-order valence-electron chi connectivity index (χ4n) is 2.55. The Balaban J connectivity index is 1.64. The number of aromatic nitrogens is 1. The van der Waals surface area contributed by atoms with Crippen LogP contribution in [0.3, 0.4) is 0 Å². The maximum atomic E-state index is 11.8. The molecule has 1 aromatic rings. The van der Waals surface area contributed by atoms with Gasteiger partial charge in [-0.2, -0.15) is 0 Å². The summed E-state index contributed by atoms with van der Waals surface area (Å²) in [6, 6.07) is 0.0534. The van der Waals surface area contributed by atoms with E-state index in [2.05, 4.69) is 10.3 Å². The smallest absolute Gasteiger partial charge is 0.221 e. The summed E-state index contributed by atoms with van der Waals surface area (Å²) >= 11 is 1.61. The van der Waals surface area contributed by atoms with E-state index < -0.39 is 9.84 Å². The average molecular weight is 345 g/mol. The number of thiazole rings is 1. The summed E-state index contributed by atoms with van der Waals surface area (Å²) in [6.07, 6.45) is 1.87. The lowest BCUT2D eigenvalue weighted by atomic mass is 10.2. The number of sulfone groups is 1. The lowest BCUT2D eigenvalue weighted by Gasteiger charge is -2.22. The van der Waals surface area contributed by atoms with Crippen LogP contribution >= 0.6 is 11.3 Å². The third kappa shape index (κ3) is 5.03. The van der Waals surface area contributed by atoms with Crippen molar-refractivity contribution in [2.24, 2.45) is 0 Å². The summed E-state index contributed by atoms with van der Waals surface area (Å²) in [6.45, 7) is 3.17. The molecular weight excluding hydrogens is 322 g/mol. The number of carbonyl (C=O) groups is 1. The first-order valence-corrected chi connectivity index (χ1v) is 10.1. The van der Waals surface area contributed by atoms with Gasteiger partial charge in [0.05, 0.1) is 22.7 Å². The number of hydrogen-bond acceptors (Lipinski definition) is 6. The molecule has 0 spiro atoms. The first-order chi connectivity index (χ1) is 10.4. The van der Waals surface area contributed by atoms with Crippen LogP contribution in [-0.4, -0.2) is 61.9 Å². The van der Waals surface area contributed by atoms with Crippen molar-refractivity contribution in [3.05, 3.63) is 16.1 Å². The Morgan fingerprint density at radius 3 is 2.91 bits per heavy atom. The molecule has 1 aliphatic heterocycles. The van der Waals surface area contributed by atoms with Crippen molar-refractivity contribution in [1.29, 1.82) is 0 Å². The molecule has 0 saturated carbocycles. The van der Waals surface area contributed by atoms with Gasteiger partial charge in [-0.3, -0.25) is 4.79 Å². The maximum Gasteiger partial charge on any atom is 0.221 e. The van der Waals surface area contributed by atoms with E-state index in [9.17, 15) is 13.2 Å². The summed E-state index contributed by atoms with van der Waals surface area (Å²) in [5.41, 5.74) is 2.85. The van der Waals surface area contributed by atoms with Gasteiger partial charge in [-0.1, -0.05) is 0 Å². The SMILES string of the molecule is Cc1ncsc1CCNC(=O)CCN(C)C1CCS(=O)(=O)C1. The van der Waals surface area contributed by atoms with E-state index >= 15 is 0 Å². The second-order valence-corrected chi connectivity index (χ2v) is 8.92. The highest BCUT2D eigenvalue weighted by Gasteiger charge is 2.30. The highest BCUT2D eigenvalue weighted by Crippen LogP contribution is 2.16. The standard InChI is InChI=1S/C14H23N3O3S2/c1-11-13(21-10-16-11)3-6-15-14(18)4-7-17(2)12-5-8-22(19,20)9-12/h10,12H,3-9H2,1-2H3,(H,15,18). The molecule has 2 rings (SSSR count). The highest BCUT2D eigenvalue weighted by atomic mass is 32.2.